The molecular weight excluding hydrogens is 196 g/mol. The Bertz CT molecular complexity index is 299. The third kappa shape index (κ3) is 3.48. The van der Waals surface area contributed by atoms with Gasteiger partial charge in [0.05, 0.1) is 5.02 Å². The average molecular weight is 211 g/mol. The largest absolute Gasteiger partial charge is 0.310 e. The van der Waals surface area contributed by atoms with Gasteiger partial charge in [0, 0.05) is 25.0 Å². The van der Waals surface area contributed by atoms with E-state index in [0.29, 0.717) is 11.1 Å². The summed E-state index contributed by atoms with van der Waals surface area (Å²) in [5, 5.41) is 4.07. The third-order valence-electron chi connectivity index (χ3n) is 2.02. The average Bonchev–Trinajstić information content (AvgIpc) is 2.17. The molecule has 2 nitrogen and oxygen atoms in total. The molecule has 14 heavy (non-hydrogen) atoms. The van der Waals surface area contributed by atoms with Crippen LogP contribution in [0.4, 0.5) is 0 Å². The van der Waals surface area contributed by atoms with Crippen molar-refractivity contribution in [2.75, 3.05) is 0 Å². The first-order valence-electron chi connectivity index (χ1n) is 4.66. The van der Waals surface area contributed by atoms with Crippen LogP contribution >= 0.6 is 11.6 Å². The maximum absolute atomic E-state index is 5.96. The van der Waals surface area contributed by atoms with Crippen molar-refractivity contribution in [2.24, 2.45) is 0 Å². The number of aromatic nitrogens is 1. The number of hydrogen-bond acceptors (Lipinski definition) is 2. The molecule has 0 bridgehead atoms. The van der Waals surface area contributed by atoms with Crippen molar-refractivity contribution in [3.8, 4) is 0 Å². The van der Waals surface area contributed by atoms with Crippen LogP contribution in [-0.4, -0.2) is 11.0 Å². The van der Waals surface area contributed by atoms with E-state index in [1.165, 1.54) is 0 Å². The Balaban J connectivity index is 2.45. The van der Waals surface area contributed by atoms with E-state index in [1.807, 2.05) is 12.1 Å². The molecule has 3 heteroatoms. The van der Waals surface area contributed by atoms with Gasteiger partial charge in [-0.3, -0.25) is 4.98 Å². The van der Waals surface area contributed by atoms with Crippen LogP contribution in [0.25, 0.3) is 0 Å². The van der Waals surface area contributed by atoms with Gasteiger partial charge in [-0.15, -0.1) is 6.58 Å². The summed E-state index contributed by atoms with van der Waals surface area (Å²) in [6.45, 7) is 6.59. The first kappa shape index (κ1) is 11.2. The highest BCUT2D eigenvalue weighted by atomic mass is 35.5. The Morgan fingerprint density at radius 1 is 1.71 bits per heavy atom. The van der Waals surface area contributed by atoms with Gasteiger partial charge in [-0.25, -0.2) is 0 Å². The number of rotatable bonds is 5. The Kier molecular flexibility index (Phi) is 4.63. The highest BCUT2D eigenvalue weighted by Crippen LogP contribution is 2.12. The van der Waals surface area contributed by atoms with Crippen LogP contribution in [0.5, 0.6) is 0 Å². The molecule has 0 fully saturated rings. The molecule has 76 valence electrons. The molecule has 0 aliphatic heterocycles. The Morgan fingerprint density at radius 2 is 2.50 bits per heavy atom. The smallest absolute Gasteiger partial charge is 0.0634 e. The zero-order valence-corrected chi connectivity index (χ0v) is 9.09. The molecule has 1 rings (SSSR count). The molecule has 0 aliphatic rings. The number of nitrogens with zero attached hydrogens (tertiary/aromatic N) is 1. The summed E-state index contributed by atoms with van der Waals surface area (Å²) < 4.78 is 0. The summed E-state index contributed by atoms with van der Waals surface area (Å²) in [7, 11) is 0. The lowest BCUT2D eigenvalue weighted by Crippen LogP contribution is -2.24. The van der Waals surface area contributed by atoms with Gasteiger partial charge in [-0.05, 0) is 25.0 Å². The van der Waals surface area contributed by atoms with Crippen molar-refractivity contribution >= 4 is 11.6 Å². The van der Waals surface area contributed by atoms with Gasteiger partial charge in [0.1, 0.15) is 0 Å². The van der Waals surface area contributed by atoms with Gasteiger partial charge in [0.2, 0.25) is 0 Å². The molecule has 1 N–H and O–H groups in total. The predicted molar refractivity (Wildman–Crippen MR) is 60.4 cm³/mol. The quantitative estimate of drug-likeness (QED) is 0.757. The fraction of sp³-hybridized carbons (Fsp3) is 0.364. The summed E-state index contributed by atoms with van der Waals surface area (Å²) in [6.07, 6.45) is 6.28. The minimum absolute atomic E-state index is 0.428. The zero-order valence-electron chi connectivity index (χ0n) is 8.33. The minimum Gasteiger partial charge on any atom is -0.310 e. The second kappa shape index (κ2) is 5.78. The maximum Gasteiger partial charge on any atom is 0.0634 e. The Morgan fingerprint density at radius 3 is 3.14 bits per heavy atom. The molecule has 0 saturated carbocycles. The van der Waals surface area contributed by atoms with E-state index in [1.54, 1.807) is 12.4 Å². The van der Waals surface area contributed by atoms with E-state index in [9.17, 15) is 0 Å². The maximum atomic E-state index is 5.96. The molecule has 1 aromatic heterocycles. The van der Waals surface area contributed by atoms with Crippen LogP contribution < -0.4 is 5.32 Å². The first-order valence-corrected chi connectivity index (χ1v) is 5.04. The summed E-state index contributed by atoms with van der Waals surface area (Å²) in [5.74, 6) is 0. The first-order chi connectivity index (χ1) is 6.74. The van der Waals surface area contributed by atoms with Crippen molar-refractivity contribution in [1.82, 2.24) is 10.3 Å². The Labute approximate surface area is 90.0 Å². The van der Waals surface area contributed by atoms with Crippen LogP contribution in [0.1, 0.15) is 18.9 Å². The topological polar surface area (TPSA) is 24.9 Å². The van der Waals surface area contributed by atoms with Crippen molar-refractivity contribution in [1.29, 1.82) is 0 Å². The van der Waals surface area contributed by atoms with E-state index >= 15 is 0 Å². The summed E-state index contributed by atoms with van der Waals surface area (Å²) >= 11 is 5.96. The van der Waals surface area contributed by atoms with Crippen molar-refractivity contribution < 1.29 is 0 Å². The number of halogens is 1. The van der Waals surface area contributed by atoms with Crippen molar-refractivity contribution in [3.63, 3.8) is 0 Å². The molecule has 0 aromatic carbocycles. The fourth-order valence-electron chi connectivity index (χ4n) is 1.16. The number of hydrogen-bond donors (Lipinski definition) is 1. The van der Waals surface area contributed by atoms with E-state index in [0.717, 1.165) is 18.5 Å². The minimum atomic E-state index is 0.428. The lowest BCUT2D eigenvalue weighted by atomic mass is 10.2. The van der Waals surface area contributed by atoms with Crippen molar-refractivity contribution in [2.45, 2.75) is 25.9 Å². The lowest BCUT2D eigenvalue weighted by Gasteiger charge is -2.11. The second-order valence-electron chi connectivity index (χ2n) is 3.27. The molecule has 0 saturated heterocycles. The van der Waals surface area contributed by atoms with Gasteiger partial charge in [0.25, 0.3) is 0 Å². The van der Waals surface area contributed by atoms with E-state index < -0.39 is 0 Å². The van der Waals surface area contributed by atoms with Gasteiger partial charge in [-0.1, -0.05) is 17.7 Å². The van der Waals surface area contributed by atoms with Gasteiger partial charge in [-0.2, -0.15) is 0 Å². The molecule has 1 unspecified atom stereocenters. The summed E-state index contributed by atoms with van der Waals surface area (Å²) in [5.41, 5.74) is 1.08. The fourth-order valence-corrected chi connectivity index (χ4v) is 1.35. The SMILES string of the molecule is C=CCC(C)NCc1ccncc1Cl. The van der Waals surface area contributed by atoms with Gasteiger partial charge in [0.15, 0.2) is 0 Å². The highest BCUT2D eigenvalue weighted by molar-refractivity contribution is 6.31. The van der Waals surface area contributed by atoms with Crippen LogP contribution in [0, 0.1) is 0 Å². The van der Waals surface area contributed by atoms with Gasteiger partial charge < -0.3 is 5.32 Å². The zero-order chi connectivity index (χ0) is 10.4. The highest BCUT2D eigenvalue weighted by Gasteiger charge is 2.01. The second-order valence-corrected chi connectivity index (χ2v) is 3.68. The molecule has 1 atom stereocenters. The molecule has 0 spiro atoms. The van der Waals surface area contributed by atoms with Crippen LogP contribution in [0.3, 0.4) is 0 Å². The van der Waals surface area contributed by atoms with Gasteiger partial charge >= 0.3 is 0 Å². The number of pyridine rings is 1. The molecule has 1 aromatic rings. The van der Waals surface area contributed by atoms with Crippen LogP contribution in [-0.2, 0) is 6.54 Å². The molecule has 0 radical (unpaired) electrons. The summed E-state index contributed by atoms with van der Waals surface area (Å²) in [4.78, 5) is 3.93. The molecular formula is C11H15ClN2. The van der Waals surface area contributed by atoms with Crippen molar-refractivity contribution in [3.05, 3.63) is 41.7 Å². The monoisotopic (exact) mass is 210 g/mol. The third-order valence-corrected chi connectivity index (χ3v) is 2.36. The molecule has 1 heterocycles. The Hall–Kier alpha value is -0.860. The molecule has 0 aliphatic carbocycles. The normalized spacial score (nSPS) is 12.4. The van der Waals surface area contributed by atoms with Crippen LogP contribution in [0.15, 0.2) is 31.1 Å². The molecule has 0 amide bonds. The summed E-state index contributed by atoms with van der Waals surface area (Å²) in [6, 6.07) is 2.35. The van der Waals surface area contributed by atoms with E-state index in [-0.39, 0.29) is 0 Å². The number of nitrogens with one attached hydrogen (secondary N) is 1. The predicted octanol–water partition coefficient (Wildman–Crippen LogP) is 2.79. The van der Waals surface area contributed by atoms with E-state index in [4.69, 9.17) is 11.6 Å². The standard InChI is InChI=1S/C11H15ClN2/c1-3-4-9(2)14-7-10-5-6-13-8-11(10)12/h3,5-6,8-9,14H,1,4,7H2,2H3. The van der Waals surface area contributed by atoms with E-state index in [2.05, 4.69) is 23.8 Å². The van der Waals surface area contributed by atoms with Crippen LogP contribution in [0.2, 0.25) is 5.02 Å². The lowest BCUT2D eigenvalue weighted by molar-refractivity contribution is 0.553.